The summed E-state index contributed by atoms with van der Waals surface area (Å²) in [6.07, 6.45) is 0. The Hall–Kier alpha value is -3.34. The molecule has 1 aliphatic rings. The first kappa shape index (κ1) is 14.0. The third-order valence-electron chi connectivity index (χ3n) is 4.79. The average Bonchev–Trinajstić information content (AvgIpc) is 2.63. The number of amides is 2. The Morgan fingerprint density at radius 1 is 0.800 bits per heavy atom. The number of carbonyl (C=O) groups is 1. The van der Waals surface area contributed by atoms with Crippen molar-refractivity contribution in [1.82, 2.24) is 15.4 Å². The first-order valence-corrected chi connectivity index (χ1v) is 8.12. The highest BCUT2D eigenvalue weighted by Gasteiger charge is 2.26. The monoisotopic (exact) mass is 327 g/mol. The van der Waals surface area contributed by atoms with Crippen LogP contribution in [0.25, 0.3) is 32.3 Å². The van der Waals surface area contributed by atoms with Crippen molar-refractivity contribution in [3.05, 3.63) is 60.2 Å². The predicted molar refractivity (Wildman–Crippen MR) is 99.7 cm³/mol. The number of hydrogen-bond donors (Lipinski definition) is 0. The molecule has 5 heteroatoms. The molecule has 0 N–H and O–H groups in total. The van der Waals surface area contributed by atoms with Crippen LogP contribution in [0.15, 0.2) is 59.7 Å². The number of amidine groups is 1. The van der Waals surface area contributed by atoms with Crippen LogP contribution in [0.5, 0.6) is 0 Å². The molecule has 121 valence electrons. The molecule has 1 radical (unpaired) electrons. The quantitative estimate of drug-likeness (QED) is 0.491. The zero-order valence-corrected chi connectivity index (χ0v) is 13.9. The van der Waals surface area contributed by atoms with E-state index in [-0.39, 0.29) is 6.03 Å². The third kappa shape index (κ3) is 1.89. The number of hydrogen-bond acceptors (Lipinski definition) is 2. The molecule has 0 fully saturated rings. The zero-order chi connectivity index (χ0) is 17.1. The Balaban J connectivity index is 1.90. The Morgan fingerprint density at radius 3 is 2.24 bits per heavy atom. The van der Waals surface area contributed by atoms with Crippen molar-refractivity contribution >= 4 is 44.2 Å². The minimum atomic E-state index is -0.249. The first-order chi connectivity index (χ1) is 12.1. The number of urea groups is 1. The van der Waals surface area contributed by atoms with Crippen molar-refractivity contribution in [1.29, 1.82) is 0 Å². The van der Waals surface area contributed by atoms with Gasteiger partial charge in [0.05, 0.1) is 0 Å². The minimum Gasteiger partial charge on any atom is -0.244 e. The van der Waals surface area contributed by atoms with E-state index in [2.05, 4.69) is 59.1 Å². The van der Waals surface area contributed by atoms with Gasteiger partial charge in [-0.25, -0.2) is 14.8 Å². The molecule has 0 atom stereocenters. The Kier molecular flexibility index (Phi) is 2.71. The zero-order valence-electron chi connectivity index (χ0n) is 13.9. The highest BCUT2D eigenvalue weighted by molar-refractivity contribution is 6.27. The highest BCUT2D eigenvalue weighted by Crippen LogP contribution is 2.36. The summed E-state index contributed by atoms with van der Waals surface area (Å²) < 4.78 is 0. The van der Waals surface area contributed by atoms with Gasteiger partial charge in [-0.15, -0.1) is 10.5 Å². The lowest BCUT2D eigenvalue weighted by Crippen LogP contribution is -2.48. The molecule has 2 amide bonds. The lowest BCUT2D eigenvalue weighted by molar-refractivity contribution is 0.155. The molecule has 0 saturated heterocycles. The van der Waals surface area contributed by atoms with Crippen LogP contribution < -0.4 is 5.43 Å². The van der Waals surface area contributed by atoms with Crippen molar-refractivity contribution in [3.63, 3.8) is 0 Å². The van der Waals surface area contributed by atoms with Crippen LogP contribution in [-0.4, -0.2) is 36.0 Å². The maximum absolute atomic E-state index is 11.9. The van der Waals surface area contributed by atoms with E-state index in [1.807, 2.05) is 6.07 Å². The number of nitrogens with zero attached hydrogens (tertiary/aromatic N) is 4. The fraction of sp³-hybridized carbons (Fsp3) is 0.100. The molecule has 5 nitrogen and oxygen atoms in total. The van der Waals surface area contributed by atoms with Crippen molar-refractivity contribution in [2.24, 2.45) is 5.10 Å². The van der Waals surface area contributed by atoms with Crippen molar-refractivity contribution in [3.8, 4) is 0 Å². The number of rotatable bonds is 1. The van der Waals surface area contributed by atoms with Gasteiger partial charge >= 0.3 is 6.03 Å². The molecular formula is C20H15N4O. The van der Waals surface area contributed by atoms with E-state index in [4.69, 9.17) is 0 Å². The van der Waals surface area contributed by atoms with E-state index in [0.717, 1.165) is 16.3 Å². The first-order valence-electron chi connectivity index (χ1n) is 8.12. The second kappa shape index (κ2) is 4.83. The van der Waals surface area contributed by atoms with Gasteiger partial charge in [-0.05, 0) is 38.4 Å². The van der Waals surface area contributed by atoms with E-state index in [1.165, 1.54) is 31.6 Å². The van der Waals surface area contributed by atoms with Gasteiger partial charge in [-0.3, -0.25) is 0 Å². The fourth-order valence-electron chi connectivity index (χ4n) is 3.65. The Bertz CT molecular complexity index is 1180. The molecule has 25 heavy (non-hydrogen) atoms. The van der Waals surface area contributed by atoms with Crippen molar-refractivity contribution in [2.75, 3.05) is 14.1 Å². The van der Waals surface area contributed by atoms with Crippen LogP contribution in [0.2, 0.25) is 0 Å². The van der Waals surface area contributed by atoms with Gasteiger partial charge in [0.15, 0.2) is 5.84 Å². The van der Waals surface area contributed by atoms with Gasteiger partial charge in [0.2, 0.25) is 0 Å². The van der Waals surface area contributed by atoms with E-state index < -0.39 is 0 Å². The van der Waals surface area contributed by atoms with E-state index in [9.17, 15) is 4.79 Å². The van der Waals surface area contributed by atoms with E-state index in [0.29, 0.717) is 5.84 Å². The van der Waals surface area contributed by atoms with Crippen LogP contribution in [0.1, 0.15) is 5.56 Å². The van der Waals surface area contributed by atoms with Crippen molar-refractivity contribution in [2.45, 2.75) is 0 Å². The molecule has 1 heterocycles. The van der Waals surface area contributed by atoms with Crippen LogP contribution in [0, 0.1) is 0 Å². The summed E-state index contributed by atoms with van der Waals surface area (Å²) in [5.41, 5.74) is 5.32. The predicted octanol–water partition coefficient (Wildman–Crippen LogP) is 3.76. The molecule has 0 unspecified atom stereocenters. The summed E-state index contributed by atoms with van der Waals surface area (Å²) in [6.45, 7) is 0. The van der Waals surface area contributed by atoms with Gasteiger partial charge in [0.1, 0.15) is 0 Å². The normalized spacial score (nSPS) is 15.3. The van der Waals surface area contributed by atoms with Crippen LogP contribution in [0.3, 0.4) is 0 Å². The maximum Gasteiger partial charge on any atom is 0.360 e. The van der Waals surface area contributed by atoms with Gasteiger partial charge < -0.3 is 0 Å². The summed E-state index contributed by atoms with van der Waals surface area (Å²) >= 11 is 0. The lowest BCUT2D eigenvalue weighted by atomic mass is 9.91. The number of carbonyl (C=O) groups excluding carboxylic acids is 1. The van der Waals surface area contributed by atoms with E-state index in [1.54, 1.807) is 14.1 Å². The SMILES string of the molecule is CN1[N]C(c2cc3cccc4ccc5cccc2c5c43)=NN(C)C1=O. The van der Waals surface area contributed by atoms with Crippen molar-refractivity contribution < 1.29 is 4.79 Å². The fourth-order valence-corrected chi connectivity index (χ4v) is 3.65. The number of benzene rings is 4. The molecule has 0 spiro atoms. The number of hydrazone groups is 1. The average molecular weight is 327 g/mol. The molecule has 0 bridgehead atoms. The smallest absolute Gasteiger partial charge is 0.244 e. The molecule has 0 aromatic heterocycles. The topological polar surface area (TPSA) is 50.0 Å². The third-order valence-corrected chi connectivity index (χ3v) is 4.79. The summed E-state index contributed by atoms with van der Waals surface area (Å²) in [6, 6.07) is 18.8. The van der Waals surface area contributed by atoms with Gasteiger partial charge in [-0.2, -0.15) is 0 Å². The lowest BCUT2D eigenvalue weighted by Gasteiger charge is -2.27. The molecule has 4 aromatic carbocycles. The van der Waals surface area contributed by atoms with Gasteiger partial charge in [0.25, 0.3) is 0 Å². The van der Waals surface area contributed by atoms with Crippen LogP contribution in [0.4, 0.5) is 4.79 Å². The maximum atomic E-state index is 11.9. The van der Waals surface area contributed by atoms with Gasteiger partial charge in [-0.1, -0.05) is 48.5 Å². The summed E-state index contributed by atoms with van der Waals surface area (Å²) in [5, 5.41) is 14.2. The standard InChI is InChI=1S/C20H15N4O/c1-23-20(25)24(2)22-19(21-23)16-11-14-7-3-5-12-9-10-13-6-4-8-15(16)18(13)17(12)14/h3-11H,1-2H3. The van der Waals surface area contributed by atoms with E-state index >= 15 is 0 Å². The molecule has 0 aliphatic carbocycles. The summed E-state index contributed by atoms with van der Waals surface area (Å²) in [7, 11) is 3.29. The molecule has 4 aromatic rings. The summed E-state index contributed by atoms with van der Waals surface area (Å²) in [4.78, 5) is 11.9. The van der Waals surface area contributed by atoms with Gasteiger partial charge in [0, 0.05) is 19.7 Å². The molecule has 5 rings (SSSR count). The molecular weight excluding hydrogens is 312 g/mol. The summed E-state index contributed by atoms with van der Waals surface area (Å²) in [5.74, 6) is 0.545. The Morgan fingerprint density at radius 2 is 1.48 bits per heavy atom. The largest absolute Gasteiger partial charge is 0.360 e. The highest BCUT2D eigenvalue weighted by atomic mass is 16.2. The second-order valence-corrected chi connectivity index (χ2v) is 6.33. The Labute approximate surface area is 144 Å². The van der Waals surface area contributed by atoms with Crippen LogP contribution in [-0.2, 0) is 0 Å². The molecule has 0 saturated carbocycles. The second-order valence-electron chi connectivity index (χ2n) is 6.33. The minimum absolute atomic E-state index is 0.249. The van der Waals surface area contributed by atoms with Crippen LogP contribution >= 0.6 is 0 Å². The molecule has 1 aliphatic heterocycles.